The second-order valence-corrected chi connectivity index (χ2v) is 8.47. The Hall–Kier alpha value is -3.40. The fourth-order valence-electron chi connectivity index (χ4n) is 2.92. The van der Waals surface area contributed by atoms with Gasteiger partial charge in [-0.3, -0.25) is 10.1 Å². The maximum Gasteiger partial charge on any atom is 0.293 e. The summed E-state index contributed by atoms with van der Waals surface area (Å²) in [4.78, 5) is 15.2. The molecule has 10 heteroatoms. The minimum atomic E-state index is -3.58. The lowest BCUT2D eigenvalue weighted by Gasteiger charge is -2.20. The van der Waals surface area contributed by atoms with Gasteiger partial charge < -0.3 is 14.6 Å². The number of nitro groups is 1. The summed E-state index contributed by atoms with van der Waals surface area (Å²) in [6.07, 6.45) is 4.41. The van der Waals surface area contributed by atoms with Crippen molar-refractivity contribution >= 4 is 21.2 Å². The molecule has 0 saturated carbocycles. The third-order valence-corrected chi connectivity index (χ3v) is 5.57. The molecule has 1 unspecified atom stereocenters. The van der Waals surface area contributed by atoms with Crippen LogP contribution in [0.3, 0.4) is 0 Å². The Morgan fingerprint density at radius 1 is 1.21 bits per heavy atom. The van der Waals surface area contributed by atoms with Gasteiger partial charge in [-0.1, -0.05) is 12.1 Å². The Morgan fingerprint density at radius 2 is 1.90 bits per heavy atom. The van der Waals surface area contributed by atoms with Crippen LogP contribution >= 0.6 is 0 Å². The highest BCUT2D eigenvalue weighted by molar-refractivity contribution is 7.90. The van der Waals surface area contributed by atoms with Crippen molar-refractivity contribution in [2.45, 2.75) is 10.9 Å². The second-order valence-electron chi connectivity index (χ2n) is 6.46. The monoisotopic (exact) mass is 416 g/mol. The van der Waals surface area contributed by atoms with Crippen LogP contribution in [0, 0.1) is 10.1 Å². The van der Waals surface area contributed by atoms with Crippen molar-refractivity contribution in [3.63, 3.8) is 0 Å². The van der Waals surface area contributed by atoms with E-state index in [4.69, 9.17) is 4.74 Å². The van der Waals surface area contributed by atoms with E-state index in [1.165, 1.54) is 12.1 Å². The number of nitrogens with zero attached hydrogens (tertiary/aromatic N) is 3. The van der Waals surface area contributed by atoms with Gasteiger partial charge in [-0.25, -0.2) is 13.4 Å². The largest absolute Gasteiger partial charge is 0.497 e. The van der Waals surface area contributed by atoms with Crippen LogP contribution < -0.4 is 10.1 Å². The van der Waals surface area contributed by atoms with Gasteiger partial charge in [0, 0.05) is 31.8 Å². The fraction of sp³-hybridized carbons (Fsp3) is 0.211. The summed E-state index contributed by atoms with van der Waals surface area (Å²) in [7, 11) is -0.190. The molecule has 152 valence electrons. The molecule has 1 heterocycles. The average molecular weight is 416 g/mol. The Morgan fingerprint density at radius 3 is 2.41 bits per heavy atom. The Bertz CT molecular complexity index is 1140. The van der Waals surface area contributed by atoms with E-state index in [-0.39, 0.29) is 16.3 Å². The number of nitrogens with one attached hydrogen (secondary N) is 1. The number of methoxy groups -OCH3 is 1. The van der Waals surface area contributed by atoms with Gasteiger partial charge >= 0.3 is 0 Å². The number of imidazole rings is 1. The molecule has 3 aromatic rings. The summed E-state index contributed by atoms with van der Waals surface area (Å²) in [5, 5.41) is 14.7. The SMILES string of the molecule is COc1ccc(C(Nc2ccc(S(C)(=O)=O)cc2[N+](=O)[O-])c2nccn2C)cc1. The molecule has 0 aliphatic carbocycles. The van der Waals surface area contributed by atoms with Gasteiger partial charge in [0.1, 0.15) is 23.3 Å². The van der Waals surface area contributed by atoms with Crippen molar-refractivity contribution in [2.24, 2.45) is 7.05 Å². The molecule has 1 N–H and O–H groups in total. The number of aryl methyl sites for hydroxylation is 1. The van der Waals surface area contributed by atoms with Crippen LogP contribution in [0.25, 0.3) is 0 Å². The number of hydrogen-bond donors (Lipinski definition) is 1. The van der Waals surface area contributed by atoms with Crippen LogP contribution in [0.15, 0.2) is 59.8 Å². The van der Waals surface area contributed by atoms with Crippen LogP contribution in [0.2, 0.25) is 0 Å². The summed E-state index contributed by atoms with van der Waals surface area (Å²) < 4.78 is 30.6. The van der Waals surface area contributed by atoms with Gasteiger partial charge in [-0.15, -0.1) is 0 Å². The Kier molecular flexibility index (Phi) is 5.55. The zero-order chi connectivity index (χ0) is 21.2. The lowest BCUT2D eigenvalue weighted by Crippen LogP contribution is -2.17. The molecule has 0 aliphatic heterocycles. The molecule has 0 saturated heterocycles. The summed E-state index contributed by atoms with van der Waals surface area (Å²) in [5.41, 5.74) is 0.661. The molecule has 0 radical (unpaired) electrons. The van der Waals surface area contributed by atoms with Gasteiger partial charge in [0.25, 0.3) is 5.69 Å². The predicted octanol–water partition coefficient (Wildman–Crippen LogP) is 2.94. The zero-order valence-electron chi connectivity index (χ0n) is 16.1. The maximum absolute atomic E-state index is 11.8. The van der Waals surface area contributed by atoms with Crippen LogP contribution in [-0.4, -0.2) is 36.3 Å². The van der Waals surface area contributed by atoms with Crippen molar-refractivity contribution in [3.05, 3.63) is 76.4 Å². The fourth-order valence-corrected chi connectivity index (χ4v) is 3.56. The molecule has 29 heavy (non-hydrogen) atoms. The minimum absolute atomic E-state index is 0.118. The topological polar surface area (TPSA) is 116 Å². The van der Waals surface area contributed by atoms with E-state index in [9.17, 15) is 18.5 Å². The van der Waals surface area contributed by atoms with E-state index in [0.29, 0.717) is 11.6 Å². The van der Waals surface area contributed by atoms with Crippen LogP contribution in [0.4, 0.5) is 11.4 Å². The molecule has 0 amide bonds. The van der Waals surface area contributed by atoms with Crippen molar-refractivity contribution in [2.75, 3.05) is 18.7 Å². The highest BCUT2D eigenvalue weighted by atomic mass is 32.2. The van der Waals surface area contributed by atoms with Crippen molar-refractivity contribution < 1.29 is 18.1 Å². The molecular formula is C19H20N4O5S. The molecule has 0 spiro atoms. The number of sulfone groups is 1. The molecule has 0 fully saturated rings. The normalized spacial score (nSPS) is 12.4. The zero-order valence-corrected chi connectivity index (χ0v) is 16.9. The van der Waals surface area contributed by atoms with Crippen molar-refractivity contribution in [3.8, 4) is 5.75 Å². The van der Waals surface area contributed by atoms with Crippen LogP contribution in [0.5, 0.6) is 5.75 Å². The summed E-state index contributed by atoms with van der Waals surface area (Å²) in [6, 6.07) is 10.5. The summed E-state index contributed by atoms with van der Waals surface area (Å²) >= 11 is 0. The minimum Gasteiger partial charge on any atom is -0.497 e. The van der Waals surface area contributed by atoms with Crippen molar-refractivity contribution in [1.29, 1.82) is 0 Å². The molecule has 0 aliphatic rings. The van der Waals surface area contributed by atoms with Crippen LogP contribution in [0.1, 0.15) is 17.4 Å². The first-order valence-corrected chi connectivity index (χ1v) is 10.5. The predicted molar refractivity (Wildman–Crippen MR) is 108 cm³/mol. The number of nitro benzene ring substituents is 1. The first-order chi connectivity index (χ1) is 13.7. The first-order valence-electron chi connectivity index (χ1n) is 8.57. The Labute approximate surface area is 168 Å². The molecule has 1 aromatic heterocycles. The lowest BCUT2D eigenvalue weighted by atomic mass is 10.0. The molecule has 3 rings (SSSR count). The highest BCUT2D eigenvalue weighted by Gasteiger charge is 2.24. The Balaban J connectivity index is 2.08. The standard InChI is InChI=1S/C19H20N4O5S/c1-22-11-10-20-19(22)18(13-4-6-14(28-2)7-5-13)21-16-9-8-15(29(3,26)27)12-17(16)23(24)25/h4-12,18,21H,1-3H3. The van der Waals surface area contributed by atoms with E-state index in [2.05, 4.69) is 10.3 Å². The maximum atomic E-state index is 11.8. The molecule has 2 aromatic carbocycles. The molecule has 1 atom stereocenters. The number of ether oxygens (including phenoxy) is 1. The van der Waals surface area contributed by atoms with E-state index in [1.54, 1.807) is 36.2 Å². The highest BCUT2D eigenvalue weighted by Crippen LogP contribution is 2.33. The number of aromatic nitrogens is 2. The number of anilines is 1. The third kappa shape index (κ3) is 4.37. The van der Waals surface area contributed by atoms with E-state index < -0.39 is 20.8 Å². The van der Waals surface area contributed by atoms with Gasteiger partial charge in [0.15, 0.2) is 9.84 Å². The van der Waals surface area contributed by atoms with E-state index >= 15 is 0 Å². The number of hydrogen-bond acceptors (Lipinski definition) is 7. The molecule has 9 nitrogen and oxygen atoms in total. The van der Waals surface area contributed by atoms with Crippen molar-refractivity contribution in [1.82, 2.24) is 9.55 Å². The lowest BCUT2D eigenvalue weighted by molar-refractivity contribution is -0.384. The molecule has 0 bridgehead atoms. The van der Waals surface area contributed by atoms with Gasteiger partial charge in [-0.05, 0) is 29.8 Å². The van der Waals surface area contributed by atoms with E-state index in [1.807, 2.05) is 19.2 Å². The summed E-state index contributed by atoms with van der Waals surface area (Å²) in [5.74, 6) is 1.31. The van der Waals surface area contributed by atoms with Gasteiger partial charge in [0.2, 0.25) is 0 Å². The van der Waals surface area contributed by atoms with Gasteiger partial charge in [0.05, 0.1) is 16.9 Å². The second kappa shape index (κ2) is 7.92. The van der Waals surface area contributed by atoms with Crippen LogP contribution in [-0.2, 0) is 16.9 Å². The molecular weight excluding hydrogens is 396 g/mol. The van der Waals surface area contributed by atoms with Gasteiger partial charge in [-0.2, -0.15) is 0 Å². The third-order valence-electron chi connectivity index (χ3n) is 4.46. The number of rotatable bonds is 7. The number of benzene rings is 2. The smallest absolute Gasteiger partial charge is 0.293 e. The van der Waals surface area contributed by atoms with E-state index in [0.717, 1.165) is 17.9 Å². The first kappa shape index (κ1) is 20.3. The average Bonchev–Trinajstić information content (AvgIpc) is 3.11. The summed E-state index contributed by atoms with van der Waals surface area (Å²) in [6.45, 7) is 0. The quantitative estimate of drug-likeness (QED) is 0.465.